The van der Waals surface area contributed by atoms with Crippen molar-refractivity contribution in [3.8, 4) is 11.5 Å². The monoisotopic (exact) mass is 533 g/mol. The van der Waals surface area contributed by atoms with Gasteiger partial charge in [0.25, 0.3) is 0 Å². The Morgan fingerprint density at radius 3 is 2.45 bits per heavy atom. The van der Waals surface area contributed by atoms with Crippen LogP contribution in [0.2, 0.25) is 0 Å². The van der Waals surface area contributed by atoms with Crippen LogP contribution in [-0.2, 0) is 14.4 Å². The summed E-state index contributed by atoms with van der Waals surface area (Å²) in [6.07, 6.45) is -0.379. The maximum absolute atomic E-state index is 13.4. The van der Waals surface area contributed by atoms with Crippen LogP contribution < -0.4 is 15.0 Å². The highest BCUT2D eigenvalue weighted by molar-refractivity contribution is 5.75. The fourth-order valence-electron chi connectivity index (χ4n) is 5.74. The second-order valence-electron chi connectivity index (χ2n) is 11.5. The molecule has 0 aromatic heterocycles. The summed E-state index contributed by atoms with van der Waals surface area (Å²) in [6, 6.07) is 13.5. The number of benzene rings is 2. The van der Waals surface area contributed by atoms with Crippen molar-refractivity contribution in [3.05, 3.63) is 59.7 Å². The minimum absolute atomic E-state index is 0.0581. The lowest BCUT2D eigenvalue weighted by atomic mass is 9.64. The minimum atomic E-state index is -4.81. The van der Waals surface area contributed by atoms with Gasteiger partial charge in [-0.3, -0.25) is 9.63 Å². The van der Waals surface area contributed by atoms with Gasteiger partial charge in [0, 0.05) is 17.9 Å². The molecule has 2 aromatic rings. The second-order valence-corrected chi connectivity index (χ2v) is 11.5. The van der Waals surface area contributed by atoms with Crippen LogP contribution in [0, 0.1) is 5.92 Å². The summed E-state index contributed by atoms with van der Waals surface area (Å²) in [4.78, 5) is 19.8. The number of halogens is 3. The molecule has 1 heterocycles. The standard InChI is InChI=1S/C29H34F3NO5/c1-27(2,3)37-26(34)21-10-7-15-28(25(21)18-8-5-4-6-9-18)17-23(33-38-28)22-16-20(36-29(30,31)32)13-14-24(22)35-19-11-12-19/h4-6,8-9,13-14,16,19,21,23,25,33H,7,10-12,15,17H2,1-3H3/t21?,23-,25-,28-/m1/s1. The fraction of sp³-hybridized carbons (Fsp3) is 0.552. The maximum atomic E-state index is 13.4. The van der Waals surface area contributed by atoms with E-state index in [0.29, 0.717) is 30.6 Å². The Bertz CT molecular complexity index is 1150. The normalized spacial score (nSPS) is 27.8. The SMILES string of the molecule is CC(C)(C)OC(=O)C1CCC[C@@]2(C[C@H](c3cc(OC(F)(F)F)ccc3OC3CC3)NO2)[C@@H]1c1ccccc1. The summed E-state index contributed by atoms with van der Waals surface area (Å²) in [5.41, 5.74) is 3.22. The van der Waals surface area contributed by atoms with E-state index >= 15 is 0 Å². The molecule has 0 radical (unpaired) electrons. The van der Waals surface area contributed by atoms with Crippen molar-refractivity contribution in [1.29, 1.82) is 0 Å². The highest BCUT2D eigenvalue weighted by Crippen LogP contribution is 2.54. The van der Waals surface area contributed by atoms with E-state index in [1.807, 2.05) is 51.1 Å². The summed E-state index contributed by atoms with van der Waals surface area (Å²) < 4.78 is 55.1. The first-order chi connectivity index (χ1) is 17.9. The summed E-state index contributed by atoms with van der Waals surface area (Å²) in [6.45, 7) is 5.55. The molecule has 1 spiro atoms. The number of rotatable bonds is 6. The van der Waals surface area contributed by atoms with Gasteiger partial charge in [0.15, 0.2) is 0 Å². The average molecular weight is 534 g/mol. The lowest BCUT2D eigenvalue weighted by Crippen LogP contribution is -2.47. The van der Waals surface area contributed by atoms with E-state index < -0.39 is 29.5 Å². The lowest BCUT2D eigenvalue weighted by Gasteiger charge is -2.44. The van der Waals surface area contributed by atoms with Gasteiger partial charge in [-0.2, -0.15) is 5.48 Å². The minimum Gasteiger partial charge on any atom is -0.490 e. The lowest BCUT2D eigenvalue weighted by molar-refractivity contribution is -0.274. The van der Waals surface area contributed by atoms with Crippen molar-refractivity contribution in [2.24, 2.45) is 5.92 Å². The summed E-state index contributed by atoms with van der Waals surface area (Å²) >= 11 is 0. The van der Waals surface area contributed by atoms with Gasteiger partial charge in [0.05, 0.1) is 23.7 Å². The largest absolute Gasteiger partial charge is 0.573 e. The number of nitrogens with one attached hydrogen (secondary N) is 1. The molecule has 2 aliphatic carbocycles. The molecule has 1 unspecified atom stereocenters. The first-order valence-electron chi connectivity index (χ1n) is 13.2. The summed E-state index contributed by atoms with van der Waals surface area (Å²) in [7, 11) is 0. The third kappa shape index (κ3) is 6.10. The van der Waals surface area contributed by atoms with Gasteiger partial charge < -0.3 is 14.2 Å². The number of carbonyl (C=O) groups excluding carboxylic acids is 1. The van der Waals surface area contributed by atoms with Gasteiger partial charge in [-0.1, -0.05) is 30.3 Å². The first-order valence-corrected chi connectivity index (χ1v) is 13.2. The molecule has 1 aliphatic heterocycles. The predicted molar refractivity (Wildman–Crippen MR) is 133 cm³/mol. The molecule has 2 aromatic carbocycles. The third-order valence-corrected chi connectivity index (χ3v) is 7.31. The van der Waals surface area contributed by atoms with Crippen molar-refractivity contribution in [2.75, 3.05) is 0 Å². The molecule has 38 heavy (non-hydrogen) atoms. The topological polar surface area (TPSA) is 66.0 Å². The number of alkyl halides is 3. The van der Waals surface area contributed by atoms with Crippen LogP contribution in [0.1, 0.15) is 82.4 Å². The first kappa shape index (κ1) is 26.8. The molecule has 1 N–H and O–H groups in total. The van der Waals surface area contributed by atoms with Gasteiger partial charge in [-0.25, -0.2) is 0 Å². The van der Waals surface area contributed by atoms with E-state index in [1.54, 1.807) is 0 Å². The molecule has 3 fully saturated rings. The Kier molecular flexibility index (Phi) is 7.11. The molecule has 206 valence electrons. The van der Waals surface area contributed by atoms with Crippen LogP contribution in [0.25, 0.3) is 0 Å². The number of hydroxylamine groups is 1. The molecule has 0 amide bonds. The highest BCUT2D eigenvalue weighted by Gasteiger charge is 2.55. The van der Waals surface area contributed by atoms with Crippen LogP contribution >= 0.6 is 0 Å². The van der Waals surface area contributed by atoms with Gasteiger partial charge >= 0.3 is 12.3 Å². The average Bonchev–Trinajstić information content (AvgIpc) is 3.56. The number of carbonyl (C=O) groups is 1. The molecule has 6 nitrogen and oxygen atoms in total. The molecular weight excluding hydrogens is 499 g/mol. The zero-order valence-corrected chi connectivity index (χ0v) is 21.8. The van der Waals surface area contributed by atoms with Crippen LogP contribution in [0.15, 0.2) is 48.5 Å². The quantitative estimate of drug-likeness (QED) is 0.414. The van der Waals surface area contributed by atoms with E-state index in [2.05, 4.69) is 10.2 Å². The van der Waals surface area contributed by atoms with Crippen LogP contribution in [0.3, 0.4) is 0 Å². The summed E-state index contributed by atoms with van der Waals surface area (Å²) in [5, 5.41) is 0. The van der Waals surface area contributed by atoms with Gasteiger partial charge in [-0.15, -0.1) is 13.2 Å². The number of hydrogen-bond acceptors (Lipinski definition) is 6. The van der Waals surface area contributed by atoms with Crippen molar-refractivity contribution >= 4 is 5.97 Å². The number of ether oxygens (including phenoxy) is 3. The van der Waals surface area contributed by atoms with Crippen molar-refractivity contribution in [2.45, 2.75) is 94.9 Å². The molecule has 1 saturated heterocycles. The highest BCUT2D eigenvalue weighted by atomic mass is 19.4. The molecule has 5 rings (SSSR count). The Labute approximate surface area is 220 Å². The van der Waals surface area contributed by atoms with E-state index in [9.17, 15) is 18.0 Å². The van der Waals surface area contributed by atoms with Crippen LogP contribution in [0.5, 0.6) is 11.5 Å². The van der Waals surface area contributed by atoms with E-state index in [1.165, 1.54) is 18.2 Å². The Morgan fingerprint density at radius 2 is 1.79 bits per heavy atom. The Hall–Kier alpha value is -2.78. The van der Waals surface area contributed by atoms with Gasteiger partial charge in [0.2, 0.25) is 0 Å². The molecular formula is C29H34F3NO5. The molecule has 2 saturated carbocycles. The summed E-state index contributed by atoms with van der Waals surface area (Å²) in [5.74, 6) is -0.791. The van der Waals surface area contributed by atoms with Gasteiger partial charge in [-0.05, 0) is 76.6 Å². The van der Waals surface area contributed by atoms with Gasteiger partial charge in [0.1, 0.15) is 17.1 Å². The predicted octanol–water partition coefficient (Wildman–Crippen LogP) is 6.76. The smallest absolute Gasteiger partial charge is 0.490 e. The molecule has 9 heteroatoms. The zero-order valence-electron chi connectivity index (χ0n) is 21.8. The van der Waals surface area contributed by atoms with Crippen molar-refractivity contribution in [1.82, 2.24) is 5.48 Å². The number of hydrogen-bond donors (Lipinski definition) is 1. The van der Waals surface area contributed by atoms with E-state index in [4.69, 9.17) is 14.3 Å². The second kappa shape index (κ2) is 10.1. The van der Waals surface area contributed by atoms with Crippen LogP contribution in [-0.4, -0.2) is 29.6 Å². The van der Waals surface area contributed by atoms with Crippen molar-refractivity contribution < 1.29 is 37.0 Å². The fourth-order valence-corrected chi connectivity index (χ4v) is 5.74. The molecule has 0 bridgehead atoms. The maximum Gasteiger partial charge on any atom is 0.573 e. The Balaban J connectivity index is 1.48. The Morgan fingerprint density at radius 1 is 1.05 bits per heavy atom. The molecule has 4 atom stereocenters. The molecule has 3 aliphatic rings. The zero-order chi connectivity index (χ0) is 27.1. The van der Waals surface area contributed by atoms with E-state index in [0.717, 1.165) is 24.8 Å². The van der Waals surface area contributed by atoms with Crippen LogP contribution in [0.4, 0.5) is 13.2 Å². The van der Waals surface area contributed by atoms with E-state index in [-0.39, 0.29) is 23.7 Å². The number of esters is 1. The van der Waals surface area contributed by atoms with Crippen molar-refractivity contribution in [3.63, 3.8) is 0 Å². The third-order valence-electron chi connectivity index (χ3n) is 7.31.